The summed E-state index contributed by atoms with van der Waals surface area (Å²) in [5.74, 6) is -1.63. The molecular weight excluding hydrogens is 415 g/mol. The van der Waals surface area contributed by atoms with E-state index in [0.717, 1.165) is 25.7 Å². The van der Waals surface area contributed by atoms with Crippen LogP contribution in [0.3, 0.4) is 0 Å². The predicted octanol–water partition coefficient (Wildman–Crippen LogP) is 5.68. The second-order valence-electron chi connectivity index (χ2n) is 6.05. The van der Waals surface area contributed by atoms with Crippen molar-refractivity contribution in [2.75, 3.05) is 6.61 Å². The van der Waals surface area contributed by atoms with Gasteiger partial charge in [0.2, 0.25) is 0 Å². The van der Waals surface area contributed by atoms with Crippen LogP contribution in [0.1, 0.15) is 58.9 Å². The Hall–Kier alpha value is -2.21. The zero-order valence-corrected chi connectivity index (χ0v) is 16.8. The SMILES string of the molecule is CCCCCCOC(=O)c1ccccc1C(=O)OCc1cc(F)ccc1Br. The molecule has 0 aliphatic carbocycles. The Morgan fingerprint density at radius 1 is 0.963 bits per heavy atom. The van der Waals surface area contributed by atoms with Gasteiger partial charge in [-0.2, -0.15) is 0 Å². The minimum absolute atomic E-state index is 0.114. The molecule has 0 aliphatic heterocycles. The van der Waals surface area contributed by atoms with Crippen molar-refractivity contribution in [2.45, 2.75) is 39.2 Å². The van der Waals surface area contributed by atoms with E-state index in [1.165, 1.54) is 24.3 Å². The molecule has 2 aromatic rings. The standard InChI is InChI=1S/C21H22BrFO4/c1-2-3-4-7-12-26-20(24)17-8-5-6-9-18(17)21(25)27-14-15-13-16(23)10-11-19(15)22/h5-6,8-11,13H,2-4,7,12,14H2,1H3. The number of hydrogen-bond donors (Lipinski definition) is 0. The highest BCUT2D eigenvalue weighted by Gasteiger charge is 2.19. The highest BCUT2D eigenvalue weighted by atomic mass is 79.9. The molecule has 0 unspecified atom stereocenters. The van der Waals surface area contributed by atoms with E-state index in [1.807, 2.05) is 0 Å². The van der Waals surface area contributed by atoms with E-state index in [1.54, 1.807) is 18.2 Å². The van der Waals surface area contributed by atoms with E-state index >= 15 is 0 Å². The van der Waals surface area contributed by atoms with Crippen LogP contribution in [0.2, 0.25) is 0 Å². The summed E-state index contributed by atoms with van der Waals surface area (Å²) in [5, 5.41) is 0. The first-order valence-corrected chi connectivity index (χ1v) is 9.69. The van der Waals surface area contributed by atoms with Gasteiger partial charge in [-0.05, 0) is 36.8 Å². The van der Waals surface area contributed by atoms with Crippen molar-refractivity contribution >= 4 is 27.9 Å². The third-order valence-electron chi connectivity index (χ3n) is 3.96. The van der Waals surface area contributed by atoms with E-state index < -0.39 is 17.8 Å². The number of hydrogen-bond acceptors (Lipinski definition) is 4. The van der Waals surface area contributed by atoms with Crippen LogP contribution < -0.4 is 0 Å². The van der Waals surface area contributed by atoms with Gasteiger partial charge in [-0.3, -0.25) is 0 Å². The van der Waals surface area contributed by atoms with Crippen molar-refractivity contribution in [1.82, 2.24) is 0 Å². The van der Waals surface area contributed by atoms with Crippen LogP contribution in [-0.4, -0.2) is 18.5 Å². The molecule has 6 heteroatoms. The zero-order chi connectivity index (χ0) is 19.6. The molecule has 0 atom stereocenters. The molecule has 0 spiro atoms. The molecule has 0 heterocycles. The van der Waals surface area contributed by atoms with Gasteiger partial charge >= 0.3 is 11.9 Å². The number of benzene rings is 2. The Bertz CT molecular complexity index is 792. The lowest BCUT2D eigenvalue weighted by atomic mass is 10.1. The molecule has 0 fully saturated rings. The number of esters is 2. The van der Waals surface area contributed by atoms with Gasteiger partial charge in [-0.25, -0.2) is 14.0 Å². The molecule has 0 bridgehead atoms. The normalized spacial score (nSPS) is 10.5. The molecule has 0 saturated carbocycles. The van der Waals surface area contributed by atoms with Crippen LogP contribution in [0.25, 0.3) is 0 Å². The van der Waals surface area contributed by atoms with E-state index in [-0.39, 0.29) is 17.7 Å². The number of unbranched alkanes of at least 4 members (excludes halogenated alkanes) is 3. The quantitative estimate of drug-likeness (QED) is 0.374. The van der Waals surface area contributed by atoms with Gasteiger partial charge in [-0.1, -0.05) is 54.2 Å². The Balaban J connectivity index is 2.00. The van der Waals surface area contributed by atoms with Gasteiger partial charge in [0.05, 0.1) is 17.7 Å². The fraction of sp³-hybridized carbons (Fsp3) is 0.333. The minimum atomic E-state index is -0.662. The summed E-state index contributed by atoms with van der Waals surface area (Å²) in [6, 6.07) is 10.5. The fourth-order valence-electron chi connectivity index (χ4n) is 2.49. The monoisotopic (exact) mass is 436 g/mol. The third-order valence-corrected chi connectivity index (χ3v) is 4.74. The zero-order valence-electron chi connectivity index (χ0n) is 15.2. The van der Waals surface area contributed by atoms with Gasteiger partial charge < -0.3 is 9.47 Å². The summed E-state index contributed by atoms with van der Waals surface area (Å²) in [4.78, 5) is 24.7. The molecule has 0 N–H and O–H groups in total. The van der Waals surface area contributed by atoms with Crippen molar-refractivity contribution in [3.63, 3.8) is 0 Å². The van der Waals surface area contributed by atoms with Crippen LogP contribution >= 0.6 is 15.9 Å². The van der Waals surface area contributed by atoms with Crippen LogP contribution in [0.5, 0.6) is 0 Å². The van der Waals surface area contributed by atoms with Crippen LogP contribution in [0.4, 0.5) is 4.39 Å². The molecule has 0 saturated heterocycles. The first-order valence-electron chi connectivity index (χ1n) is 8.90. The van der Waals surface area contributed by atoms with E-state index in [0.29, 0.717) is 16.6 Å². The van der Waals surface area contributed by atoms with Gasteiger partial charge in [-0.15, -0.1) is 0 Å². The van der Waals surface area contributed by atoms with Crippen molar-refractivity contribution in [1.29, 1.82) is 0 Å². The van der Waals surface area contributed by atoms with Crippen LogP contribution in [0, 0.1) is 5.82 Å². The summed E-state index contributed by atoms with van der Waals surface area (Å²) in [6.07, 6.45) is 3.98. The molecule has 2 rings (SSSR count). The summed E-state index contributed by atoms with van der Waals surface area (Å²) in [5.41, 5.74) is 0.791. The lowest BCUT2D eigenvalue weighted by Crippen LogP contribution is -2.14. The molecule has 0 amide bonds. The van der Waals surface area contributed by atoms with Crippen LogP contribution in [0.15, 0.2) is 46.9 Å². The highest BCUT2D eigenvalue weighted by molar-refractivity contribution is 9.10. The second kappa shape index (κ2) is 10.8. The minimum Gasteiger partial charge on any atom is -0.462 e. The largest absolute Gasteiger partial charge is 0.462 e. The van der Waals surface area contributed by atoms with Gasteiger partial charge in [0.1, 0.15) is 12.4 Å². The van der Waals surface area contributed by atoms with E-state index in [4.69, 9.17) is 9.47 Å². The summed E-state index contributed by atoms with van der Waals surface area (Å²) < 4.78 is 24.5. The first-order chi connectivity index (χ1) is 13.0. The Morgan fingerprint density at radius 3 is 2.30 bits per heavy atom. The molecule has 144 valence electrons. The summed E-state index contributed by atoms with van der Waals surface area (Å²) in [7, 11) is 0. The summed E-state index contributed by atoms with van der Waals surface area (Å²) >= 11 is 3.29. The lowest BCUT2D eigenvalue weighted by Gasteiger charge is -2.10. The fourth-order valence-corrected chi connectivity index (χ4v) is 2.85. The van der Waals surface area contributed by atoms with Crippen molar-refractivity contribution in [3.8, 4) is 0 Å². The molecule has 0 aromatic heterocycles. The molecule has 0 radical (unpaired) electrons. The van der Waals surface area contributed by atoms with Gasteiger partial charge in [0, 0.05) is 10.0 Å². The molecule has 27 heavy (non-hydrogen) atoms. The Kier molecular flexibility index (Phi) is 8.45. The summed E-state index contributed by atoms with van der Waals surface area (Å²) in [6.45, 7) is 2.31. The maximum absolute atomic E-state index is 13.3. The van der Waals surface area contributed by atoms with Gasteiger partial charge in [0.15, 0.2) is 0 Å². The van der Waals surface area contributed by atoms with Crippen LogP contribution in [-0.2, 0) is 16.1 Å². The van der Waals surface area contributed by atoms with Crippen molar-refractivity contribution < 1.29 is 23.5 Å². The Morgan fingerprint density at radius 2 is 1.63 bits per heavy atom. The number of halogens is 2. The number of rotatable bonds is 9. The number of carbonyl (C=O) groups is 2. The van der Waals surface area contributed by atoms with Crippen molar-refractivity contribution in [3.05, 3.63) is 69.4 Å². The van der Waals surface area contributed by atoms with Gasteiger partial charge in [0.25, 0.3) is 0 Å². The Labute approximate surface area is 166 Å². The highest BCUT2D eigenvalue weighted by Crippen LogP contribution is 2.20. The number of carbonyl (C=O) groups excluding carboxylic acids is 2. The molecular formula is C21H22BrFO4. The maximum atomic E-state index is 13.3. The number of ether oxygens (including phenoxy) is 2. The average Bonchev–Trinajstić information content (AvgIpc) is 2.68. The van der Waals surface area contributed by atoms with E-state index in [9.17, 15) is 14.0 Å². The second-order valence-corrected chi connectivity index (χ2v) is 6.91. The molecule has 0 aliphatic rings. The topological polar surface area (TPSA) is 52.6 Å². The van der Waals surface area contributed by atoms with Crippen molar-refractivity contribution in [2.24, 2.45) is 0 Å². The predicted molar refractivity (Wildman–Crippen MR) is 104 cm³/mol. The smallest absolute Gasteiger partial charge is 0.339 e. The molecule has 4 nitrogen and oxygen atoms in total. The average molecular weight is 437 g/mol. The van der Waals surface area contributed by atoms with E-state index in [2.05, 4.69) is 22.9 Å². The lowest BCUT2D eigenvalue weighted by molar-refractivity contribution is 0.0435. The molecule has 2 aromatic carbocycles. The first kappa shape index (κ1) is 21.1. The maximum Gasteiger partial charge on any atom is 0.339 e. The third kappa shape index (κ3) is 6.47.